The van der Waals surface area contributed by atoms with Gasteiger partial charge in [-0.2, -0.15) is 0 Å². The minimum atomic E-state index is -3.07. The highest BCUT2D eigenvalue weighted by Gasteiger charge is 2.08. The second kappa shape index (κ2) is 6.54. The Balaban J connectivity index is 2.09. The summed E-state index contributed by atoms with van der Waals surface area (Å²) >= 11 is 0. The van der Waals surface area contributed by atoms with E-state index in [2.05, 4.69) is 5.32 Å². The third-order valence-electron chi connectivity index (χ3n) is 2.99. The molecule has 0 saturated heterocycles. The molecule has 0 heterocycles. The summed E-state index contributed by atoms with van der Waals surface area (Å²) in [5.41, 5.74) is 2.50. The second-order valence-corrected chi connectivity index (χ2v) is 7.09. The molecular formula is C16H17NO3S. The molecule has 0 saturated carbocycles. The summed E-state index contributed by atoms with van der Waals surface area (Å²) in [6.45, 7) is 0.118. The van der Waals surface area contributed by atoms with Crippen LogP contribution in [0.25, 0.3) is 11.1 Å². The smallest absolute Gasteiger partial charge is 0.251 e. The highest BCUT2D eigenvalue weighted by Crippen LogP contribution is 2.19. The fourth-order valence-electron chi connectivity index (χ4n) is 1.92. The number of nitrogens with one attached hydrogen (secondary N) is 1. The number of hydrogen-bond donors (Lipinski definition) is 1. The maximum Gasteiger partial charge on any atom is 0.251 e. The number of rotatable bonds is 5. The molecule has 0 aliphatic rings. The van der Waals surface area contributed by atoms with Crippen LogP contribution < -0.4 is 5.32 Å². The van der Waals surface area contributed by atoms with E-state index in [0.29, 0.717) is 5.56 Å². The summed E-state index contributed by atoms with van der Waals surface area (Å²) in [6, 6.07) is 17.0. The van der Waals surface area contributed by atoms with Gasteiger partial charge in [-0.25, -0.2) is 8.42 Å². The van der Waals surface area contributed by atoms with Crippen molar-refractivity contribution in [2.24, 2.45) is 0 Å². The first kappa shape index (κ1) is 15.3. The summed E-state index contributed by atoms with van der Waals surface area (Å²) in [5.74, 6) is -0.326. The average Bonchev–Trinajstić information content (AvgIpc) is 2.47. The van der Waals surface area contributed by atoms with Gasteiger partial charge in [0.25, 0.3) is 5.91 Å². The quantitative estimate of drug-likeness (QED) is 0.920. The van der Waals surface area contributed by atoms with Crippen LogP contribution in [0.4, 0.5) is 0 Å². The van der Waals surface area contributed by atoms with Crippen LogP contribution in [0.3, 0.4) is 0 Å². The molecule has 5 heteroatoms. The molecule has 1 N–H and O–H groups in total. The van der Waals surface area contributed by atoms with Crippen molar-refractivity contribution in [3.63, 3.8) is 0 Å². The van der Waals surface area contributed by atoms with Crippen molar-refractivity contribution in [1.29, 1.82) is 0 Å². The molecule has 2 aromatic carbocycles. The Hall–Kier alpha value is -2.14. The van der Waals surface area contributed by atoms with E-state index in [0.717, 1.165) is 17.4 Å². The van der Waals surface area contributed by atoms with Crippen molar-refractivity contribution in [3.05, 3.63) is 60.2 Å². The van der Waals surface area contributed by atoms with Crippen molar-refractivity contribution < 1.29 is 13.2 Å². The van der Waals surface area contributed by atoms with E-state index in [9.17, 15) is 13.2 Å². The molecule has 0 spiro atoms. The van der Waals surface area contributed by atoms with Gasteiger partial charge < -0.3 is 5.32 Å². The number of amides is 1. The molecule has 0 aliphatic carbocycles. The van der Waals surface area contributed by atoms with E-state index < -0.39 is 9.84 Å². The van der Waals surface area contributed by atoms with Gasteiger partial charge in [-0.1, -0.05) is 42.5 Å². The Morgan fingerprint density at radius 2 is 1.67 bits per heavy atom. The zero-order chi connectivity index (χ0) is 15.3. The SMILES string of the molecule is CS(=O)(=O)CCNC(=O)c1cccc(-c2ccccc2)c1. The van der Waals surface area contributed by atoms with Gasteiger partial charge in [0.05, 0.1) is 5.75 Å². The lowest BCUT2D eigenvalue weighted by Crippen LogP contribution is -2.28. The van der Waals surface area contributed by atoms with E-state index in [1.807, 2.05) is 42.5 Å². The van der Waals surface area contributed by atoms with Gasteiger partial charge in [-0.15, -0.1) is 0 Å². The summed E-state index contributed by atoms with van der Waals surface area (Å²) in [4.78, 5) is 12.0. The second-order valence-electron chi connectivity index (χ2n) is 4.83. The van der Waals surface area contributed by atoms with Gasteiger partial charge in [0.2, 0.25) is 0 Å². The number of hydrogen-bond acceptors (Lipinski definition) is 3. The van der Waals surface area contributed by atoms with E-state index in [1.54, 1.807) is 12.1 Å². The number of sulfone groups is 1. The minimum Gasteiger partial charge on any atom is -0.351 e. The molecule has 0 unspecified atom stereocenters. The normalized spacial score (nSPS) is 11.1. The van der Waals surface area contributed by atoms with Crippen molar-refractivity contribution in [1.82, 2.24) is 5.32 Å². The Bertz CT molecular complexity index is 724. The van der Waals surface area contributed by atoms with Crippen molar-refractivity contribution in [2.75, 3.05) is 18.6 Å². The highest BCUT2D eigenvalue weighted by molar-refractivity contribution is 7.90. The summed E-state index contributed by atoms with van der Waals surface area (Å²) in [7, 11) is -3.07. The molecule has 0 aromatic heterocycles. The van der Waals surface area contributed by atoms with Gasteiger partial charge in [0, 0.05) is 18.4 Å². The summed E-state index contributed by atoms with van der Waals surface area (Å²) < 4.78 is 22.1. The van der Waals surface area contributed by atoms with Gasteiger partial charge in [-0.3, -0.25) is 4.79 Å². The number of carbonyl (C=O) groups excluding carboxylic acids is 1. The highest BCUT2D eigenvalue weighted by atomic mass is 32.2. The Morgan fingerprint density at radius 1 is 1.00 bits per heavy atom. The van der Waals surface area contributed by atoms with Crippen LogP contribution in [0.1, 0.15) is 10.4 Å². The lowest BCUT2D eigenvalue weighted by Gasteiger charge is -2.07. The van der Waals surface area contributed by atoms with Gasteiger partial charge in [0.15, 0.2) is 0 Å². The monoisotopic (exact) mass is 303 g/mol. The maximum absolute atomic E-state index is 12.0. The standard InChI is InChI=1S/C16H17NO3S/c1-21(19,20)11-10-17-16(18)15-9-5-8-14(12-15)13-6-3-2-4-7-13/h2-9,12H,10-11H2,1H3,(H,17,18). The minimum absolute atomic E-state index is 0.0584. The number of carbonyl (C=O) groups is 1. The molecule has 0 atom stereocenters. The third kappa shape index (κ3) is 4.72. The van der Waals surface area contributed by atoms with Crippen LogP contribution in [0.5, 0.6) is 0 Å². The number of benzene rings is 2. The average molecular weight is 303 g/mol. The van der Waals surface area contributed by atoms with Crippen LogP contribution in [-0.4, -0.2) is 32.9 Å². The predicted molar refractivity (Wildman–Crippen MR) is 83.9 cm³/mol. The van der Waals surface area contributed by atoms with E-state index in [-0.39, 0.29) is 18.2 Å². The lowest BCUT2D eigenvalue weighted by molar-refractivity contribution is 0.0956. The van der Waals surface area contributed by atoms with E-state index >= 15 is 0 Å². The molecular weight excluding hydrogens is 286 g/mol. The molecule has 21 heavy (non-hydrogen) atoms. The van der Waals surface area contributed by atoms with Gasteiger partial charge >= 0.3 is 0 Å². The molecule has 4 nitrogen and oxygen atoms in total. The molecule has 0 aliphatic heterocycles. The molecule has 0 radical (unpaired) electrons. The largest absolute Gasteiger partial charge is 0.351 e. The Morgan fingerprint density at radius 3 is 2.33 bits per heavy atom. The zero-order valence-corrected chi connectivity index (χ0v) is 12.6. The predicted octanol–water partition coefficient (Wildman–Crippen LogP) is 2.13. The molecule has 1 amide bonds. The molecule has 110 valence electrons. The zero-order valence-electron chi connectivity index (χ0n) is 11.7. The third-order valence-corrected chi connectivity index (χ3v) is 3.94. The van der Waals surface area contributed by atoms with Crippen molar-refractivity contribution >= 4 is 15.7 Å². The Kier molecular flexibility index (Phi) is 4.75. The maximum atomic E-state index is 12.0. The van der Waals surface area contributed by atoms with Crippen LogP contribution in [0.2, 0.25) is 0 Å². The first-order chi connectivity index (χ1) is 9.96. The van der Waals surface area contributed by atoms with Crippen LogP contribution in [0.15, 0.2) is 54.6 Å². The van der Waals surface area contributed by atoms with Crippen LogP contribution >= 0.6 is 0 Å². The summed E-state index contributed by atoms with van der Waals surface area (Å²) in [6.07, 6.45) is 1.15. The van der Waals surface area contributed by atoms with Crippen LogP contribution in [0, 0.1) is 0 Å². The molecule has 0 bridgehead atoms. The molecule has 2 aromatic rings. The van der Waals surface area contributed by atoms with E-state index in [4.69, 9.17) is 0 Å². The molecule has 2 rings (SSSR count). The lowest BCUT2D eigenvalue weighted by atomic mass is 10.0. The van der Waals surface area contributed by atoms with Crippen molar-refractivity contribution in [3.8, 4) is 11.1 Å². The van der Waals surface area contributed by atoms with Crippen LogP contribution in [-0.2, 0) is 9.84 Å². The fraction of sp³-hybridized carbons (Fsp3) is 0.188. The van der Waals surface area contributed by atoms with Gasteiger partial charge in [0.1, 0.15) is 9.84 Å². The summed E-state index contributed by atoms with van der Waals surface area (Å²) in [5, 5.41) is 2.62. The first-order valence-corrected chi connectivity index (χ1v) is 8.63. The van der Waals surface area contributed by atoms with Gasteiger partial charge in [-0.05, 0) is 23.3 Å². The fourth-order valence-corrected chi connectivity index (χ4v) is 2.40. The van der Waals surface area contributed by atoms with E-state index in [1.165, 1.54) is 0 Å². The topological polar surface area (TPSA) is 63.2 Å². The Labute approximate surface area is 124 Å². The molecule has 0 fully saturated rings. The first-order valence-electron chi connectivity index (χ1n) is 6.57. The van der Waals surface area contributed by atoms with Crippen molar-refractivity contribution in [2.45, 2.75) is 0 Å².